The van der Waals surface area contributed by atoms with Crippen molar-refractivity contribution in [3.8, 4) is 0 Å². The zero-order valence-electron chi connectivity index (χ0n) is 8.64. The molecule has 1 rings (SSSR count). The molecule has 1 nitrogen and oxygen atoms in total. The number of aryl methyl sites for hydroxylation is 3. The van der Waals surface area contributed by atoms with E-state index in [0.29, 0.717) is 5.56 Å². The first-order chi connectivity index (χ1) is 6.43. The Morgan fingerprint density at radius 3 is 2.00 bits per heavy atom. The highest BCUT2D eigenvalue weighted by molar-refractivity contribution is 5.38. The van der Waals surface area contributed by atoms with Gasteiger partial charge in [-0.05, 0) is 43.0 Å². The molecule has 0 radical (unpaired) electrons. The van der Waals surface area contributed by atoms with Crippen molar-refractivity contribution in [2.75, 3.05) is 0 Å². The maximum atomic E-state index is 12.4. The Morgan fingerprint density at radius 2 is 1.50 bits per heavy atom. The van der Waals surface area contributed by atoms with Crippen molar-refractivity contribution in [3.63, 3.8) is 0 Å². The van der Waals surface area contributed by atoms with E-state index >= 15 is 0 Å². The van der Waals surface area contributed by atoms with Crippen LogP contribution in [0, 0.1) is 20.8 Å². The molecule has 2 N–H and O–H groups in total. The average molecular weight is 199 g/mol. The number of nitrogens with two attached hydrogens (primary N) is 1. The fourth-order valence-corrected chi connectivity index (χ4v) is 1.48. The SMILES string of the molecule is Cc1cc(C)c(C(N)C(F)F)cc1C. The number of rotatable bonds is 2. The molecule has 0 amide bonds. The molecular weight excluding hydrogens is 184 g/mol. The van der Waals surface area contributed by atoms with Gasteiger partial charge in [0.05, 0.1) is 6.04 Å². The Labute approximate surface area is 82.9 Å². The molecule has 0 aliphatic heterocycles. The summed E-state index contributed by atoms with van der Waals surface area (Å²) in [6.07, 6.45) is -2.50. The van der Waals surface area contributed by atoms with Gasteiger partial charge in [-0.25, -0.2) is 8.78 Å². The summed E-state index contributed by atoms with van der Waals surface area (Å²) in [5.41, 5.74) is 8.89. The molecule has 1 unspecified atom stereocenters. The minimum absolute atomic E-state index is 0.545. The number of alkyl halides is 2. The van der Waals surface area contributed by atoms with Crippen molar-refractivity contribution < 1.29 is 8.78 Å². The molecule has 78 valence electrons. The molecule has 0 heterocycles. The fraction of sp³-hybridized carbons (Fsp3) is 0.455. The van der Waals surface area contributed by atoms with Crippen molar-refractivity contribution in [1.29, 1.82) is 0 Å². The molecule has 0 fully saturated rings. The van der Waals surface area contributed by atoms with Crippen molar-refractivity contribution >= 4 is 0 Å². The van der Waals surface area contributed by atoms with E-state index in [4.69, 9.17) is 5.73 Å². The summed E-state index contributed by atoms with van der Waals surface area (Å²) in [5, 5.41) is 0. The maximum Gasteiger partial charge on any atom is 0.257 e. The van der Waals surface area contributed by atoms with Crippen LogP contribution < -0.4 is 5.73 Å². The lowest BCUT2D eigenvalue weighted by Gasteiger charge is -2.15. The van der Waals surface area contributed by atoms with Crippen LogP contribution >= 0.6 is 0 Å². The summed E-state index contributed by atoms with van der Waals surface area (Å²) in [4.78, 5) is 0. The molecule has 0 saturated heterocycles. The summed E-state index contributed by atoms with van der Waals surface area (Å²) in [7, 11) is 0. The van der Waals surface area contributed by atoms with Crippen molar-refractivity contribution in [1.82, 2.24) is 0 Å². The lowest BCUT2D eigenvalue weighted by molar-refractivity contribution is 0.116. The van der Waals surface area contributed by atoms with Crippen LogP contribution in [-0.2, 0) is 0 Å². The average Bonchev–Trinajstić information content (AvgIpc) is 2.10. The molecular formula is C11H15F2N. The quantitative estimate of drug-likeness (QED) is 0.778. The molecule has 1 aromatic carbocycles. The van der Waals surface area contributed by atoms with E-state index in [2.05, 4.69) is 0 Å². The van der Waals surface area contributed by atoms with Crippen LogP contribution in [0.25, 0.3) is 0 Å². The fourth-order valence-electron chi connectivity index (χ4n) is 1.48. The Morgan fingerprint density at radius 1 is 1.00 bits per heavy atom. The third-order valence-corrected chi connectivity index (χ3v) is 2.51. The number of halogens is 2. The predicted octanol–water partition coefficient (Wildman–Crippen LogP) is 2.88. The minimum atomic E-state index is -2.50. The van der Waals surface area contributed by atoms with E-state index in [1.54, 1.807) is 6.07 Å². The molecule has 0 bridgehead atoms. The van der Waals surface area contributed by atoms with Gasteiger partial charge in [0.1, 0.15) is 0 Å². The highest BCUT2D eigenvalue weighted by atomic mass is 19.3. The second-order valence-corrected chi connectivity index (χ2v) is 3.65. The monoisotopic (exact) mass is 199 g/mol. The van der Waals surface area contributed by atoms with Gasteiger partial charge in [-0.3, -0.25) is 0 Å². The van der Waals surface area contributed by atoms with E-state index in [-0.39, 0.29) is 0 Å². The van der Waals surface area contributed by atoms with Gasteiger partial charge in [-0.1, -0.05) is 12.1 Å². The summed E-state index contributed by atoms with van der Waals surface area (Å²) >= 11 is 0. The van der Waals surface area contributed by atoms with Gasteiger partial charge in [-0.2, -0.15) is 0 Å². The molecule has 14 heavy (non-hydrogen) atoms. The second-order valence-electron chi connectivity index (χ2n) is 3.65. The zero-order chi connectivity index (χ0) is 10.9. The van der Waals surface area contributed by atoms with Crippen LogP contribution in [0.3, 0.4) is 0 Å². The first-order valence-corrected chi connectivity index (χ1v) is 4.55. The van der Waals surface area contributed by atoms with E-state index in [9.17, 15) is 8.78 Å². The lowest BCUT2D eigenvalue weighted by Crippen LogP contribution is -2.20. The smallest absolute Gasteiger partial charge is 0.257 e. The second kappa shape index (κ2) is 4.05. The van der Waals surface area contributed by atoms with Crippen LogP contribution in [0.15, 0.2) is 12.1 Å². The highest BCUT2D eigenvalue weighted by Crippen LogP contribution is 2.24. The molecule has 3 heteroatoms. The van der Waals surface area contributed by atoms with Crippen molar-refractivity contribution in [2.45, 2.75) is 33.2 Å². The molecule has 0 aliphatic rings. The van der Waals surface area contributed by atoms with Crippen LogP contribution in [0.1, 0.15) is 28.3 Å². The summed E-state index contributed by atoms with van der Waals surface area (Å²) in [6.45, 7) is 5.67. The van der Waals surface area contributed by atoms with Gasteiger partial charge in [-0.15, -0.1) is 0 Å². The van der Waals surface area contributed by atoms with Crippen LogP contribution in [-0.4, -0.2) is 6.43 Å². The predicted molar refractivity (Wildman–Crippen MR) is 53.6 cm³/mol. The van der Waals surface area contributed by atoms with Crippen molar-refractivity contribution in [3.05, 3.63) is 34.4 Å². The first kappa shape index (κ1) is 11.1. The molecule has 0 saturated carbocycles. The normalized spacial score (nSPS) is 13.4. The van der Waals surface area contributed by atoms with Crippen molar-refractivity contribution in [2.24, 2.45) is 5.73 Å². The van der Waals surface area contributed by atoms with Crippen LogP contribution in [0.5, 0.6) is 0 Å². The summed E-state index contributed by atoms with van der Waals surface area (Å²) in [5.74, 6) is 0. The van der Waals surface area contributed by atoms with Gasteiger partial charge in [0.2, 0.25) is 0 Å². The molecule has 0 aliphatic carbocycles. The topological polar surface area (TPSA) is 26.0 Å². The van der Waals surface area contributed by atoms with Gasteiger partial charge in [0.25, 0.3) is 6.43 Å². The Hall–Kier alpha value is -0.960. The summed E-state index contributed by atoms with van der Waals surface area (Å²) < 4.78 is 24.8. The van der Waals surface area contributed by atoms with E-state index < -0.39 is 12.5 Å². The maximum absolute atomic E-state index is 12.4. The van der Waals surface area contributed by atoms with E-state index in [1.807, 2.05) is 26.8 Å². The Balaban J connectivity index is 3.15. The molecule has 1 aromatic rings. The lowest BCUT2D eigenvalue weighted by atomic mass is 9.96. The van der Waals surface area contributed by atoms with Gasteiger partial charge in [0, 0.05) is 0 Å². The summed E-state index contributed by atoms with van der Waals surface area (Å²) in [6, 6.07) is 2.48. The highest BCUT2D eigenvalue weighted by Gasteiger charge is 2.19. The van der Waals surface area contributed by atoms with Gasteiger partial charge >= 0.3 is 0 Å². The standard InChI is InChI=1S/C11H15F2N/c1-6-4-8(3)9(5-7(6)2)10(14)11(12)13/h4-5,10-11H,14H2,1-3H3. The Kier molecular flexibility index (Phi) is 3.21. The Bertz CT molecular complexity index is 334. The molecule has 0 aromatic heterocycles. The molecule has 0 spiro atoms. The van der Waals surface area contributed by atoms with Gasteiger partial charge in [0.15, 0.2) is 0 Å². The first-order valence-electron chi connectivity index (χ1n) is 4.55. The van der Waals surface area contributed by atoms with Gasteiger partial charge < -0.3 is 5.73 Å². The third kappa shape index (κ3) is 2.10. The van der Waals surface area contributed by atoms with Crippen LogP contribution in [0.2, 0.25) is 0 Å². The number of benzene rings is 1. The largest absolute Gasteiger partial charge is 0.319 e. The third-order valence-electron chi connectivity index (χ3n) is 2.51. The van der Waals surface area contributed by atoms with Crippen LogP contribution in [0.4, 0.5) is 8.78 Å². The van der Waals surface area contributed by atoms with E-state index in [0.717, 1.165) is 16.7 Å². The molecule has 1 atom stereocenters. The minimum Gasteiger partial charge on any atom is -0.319 e. The zero-order valence-corrected chi connectivity index (χ0v) is 8.64. The number of hydrogen-bond acceptors (Lipinski definition) is 1. The number of hydrogen-bond donors (Lipinski definition) is 1. The van der Waals surface area contributed by atoms with E-state index in [1.165, 1.54) is 0 Å².